The van der Waals surface area contributed by atoms with Crippen molar-refractivity contribution in [2.24, 2.45) is 0 Å². The largest absolute Gasteiger partial charge is 0.619 e. The predicted molar refractivity (Wildman–Crippen MR) is 85.6 cm³/mol. The zero-order chi connectivity index (χ0) is 18.7. The van der Waals surface area contributed by atoms with Crippen LogP contribution in [0.5, 0.6) is 0 Å². The number of benzene rings is 1. The highest BCUT2D eigenvalue weighted by atomic mass is 16.6. The third-order valence-corrected chi connectivity index (χ3v) is 3.44. The van der Waals surface area contributed by atoms with Gasteiger partial charge in [-0.1, -0.05) is 0 Å². The van der Waals surface area contributed by atoms with Gasteiger partial charge in [-0.15, -0.1) is 10.2 Å². The number of nitro groups is 1. The Morgan fingerprint density at radius 3 is 2.46 bits per heavy atom. The summed E-state index contributed by atoms with van der Waals surface area (Å²) in [4.78, 5) is 22.2. The molecular formula is C16H12N4O6. The van der Waals surface area contributed by atoms with Gasteiger partial charge in [-0.2, -0.15) is 4.73 Å². The molecule has 1 atom stereocenters. The Hall–Kier alpha value is -3.82. The zero-order valence-corrected chi connectivity index (χ0v) is 13.4. The SMILES string of the molecule is C[C@@H](OC(=O)c1cc[n+]([O-])cc1)c1nnc(-c2ccc([N+](=O)[O-])cc2)o1. The second kappa shape index (κ2) is 6.97. The van der Waals surface area contributed by atoms with Gasteiger partial charge in [0.05, 0.1) is 10.5 Å². The summed E-state index contributed by atoms with van der Waals surface area (Å²) in [7, 11) is 0. The summed E-state index contributed by atoms with van der Waals surface area (Å²) < 4.78 is 11.2. The average Bonchev–Trinajstić information content (AvgIpc) is 3.12. The van der Waals surface area contributed by atoms with Gasteiger partial charge >= 0.3 is 5.97 Å². The van der Waals surface area contributed by atoms with Crippen molar-refractivity contribution in [3.63, 3.8) is 0 Å². The summed E-state index contributed by atoms with van der Waals surface area (Å²) in [5.41, 5.74) is 0.646. The fraction of sp³-hybridized carbons (Fsp3) is 0.125. The number of carbonyl (C=O) groups excluding carboxylic acids is 1. The monoisotopic (exact) mass is 356 g/mol. The maximum absolute atomic E-state index is 12.0. The normalized spacial score (nSPS) is 11.7. The first-order valence-corrected chi connectivity index (χ1v) is 7.42. The molecule has 0 aliphatic carbocycles. The van der Waals surface area contributed by atoms with Gasteiger partial charge in [-0.3, -0.25) is 10.1 Å². The molecule has 0 aliphatic rings. The van der Waals surface area contributed by atoms with E-state index in [0.717, 1.165) is 0 Å². The molecular weight excluding hydrogens is 344 g/mol. The molecule has 10 heteroatoms. The Labute approximate surface area is 146 Å². The second-order valence-electron chi connectivity index (χ2n) is 5.24. The summed E-state index contributed by atoms with van der Waals surface area (Å²) in [6.07, 6.45) is 1.54. The zero-order valence-electron chi connectivity index (χ0n) is 13.4. The van der Waals surface area contributed by atoms with E-state index in [1.807, 2.05) is 0 Å². The van der Waals surface area contributed by atoms with Gasteiger partial charge < -0.3 is 14.4 Å². The number of non-ortho nitro benzene ring substituents is 1. The van der Waals surface area contributed by atoms with Crippen molar-refractivity contribution in [2.45, 2.75) is 13.0 Å². The van der Waals surface area contributed by atoms with E-state index >= 15 is 0 Å². The van der Waals surface area contributed by atoms with E-state index in [-0.39, 0.29) is 23.0 Å². The van der Waals surface area contributed by atoms with E-state index in [9.17, 15) is 20.1 Å². The number of hydrogen-bond acceptors (Lipinski definition) is 8. The highest BCUT2D eigenvalue weighted by Crippen LogP contribution is 2.24. The van der Waals surface area contributed by atoms with E-state index in [4.69, 9.17) is 9.15 Å². The molecule has 0 amide bonds. The molecule has 3 aromatic rings. The number of rotatable bonds is 5. The number of nitrogens with zero attached hydrogens (tertiary/aromatic N) is 4. The van der Waals surface area contributed by atoms with Crippen LogP contribution < -0.4 is 4.73 Å². The standard InChI is InChI=1S/C16H12N4O6/c1-10(25-16(21)12-6-8-19(22)9-7-12)14-17-18-15(26-14)11-2-4-13(5-3-11)20(23)24/h2-10H,1H3/t10-/m1/s1. The molecule has 0 fully saturated rings. The second-order valence-corrected chi connectivity index (χ2v) is 5.24. The predicted octanol–water partition coefficient (Wildman–Crippen LogP) is 2.20. The fourth-order valence-electron chi connectivity index (χ4n) is 2.07. The lowest BCUT2D eigenvalue weighted by atomic mass is 10.2. The van der Waals surface area contributed by atoms with Gasteiger partial charge in [0.2, 0.25) is 5.89 Å². The number of pyridine rings is 1. The minimum absolute atomic E-state index is 0.0574. The smallest absolute Gasteiger partial charge is 0.339 e. The van der Waals surface area contributed by atoms with Crippen molar-refractivity contribution in [1.82, 2.24) is 10.2 Å². The van der Waals surface area contributed by atoms with Crippen molar-refractivity contribution < 1.29 is 23.6 Å². The molecule has 0 radical (unpaired) electrons. The first-order valence-electron chi connectivity index (χ1n) is 7.42. The van der Waals surface area contributed by atoms with Crippen molar-refractivity contribution >= 4 is 11.7 Å². The molecule has 2 heterocycles. The molecule has 2 aromatic heterocycles. The maximum Gasteiger partial charge on any atom is 0.339 e. The highest BCUT2D eigenvalue weighted by molar-refractivity contribution is 5.89. The third-order valence-electron chi connectivity index (χ3n) is 3.44. The third kappa shape index (κ3) is 3.64. The van der Waals surface area contributed by atoms with Crippen LogP contribution >= 0.6 is 0 Å². The Morgan fingerprint density at radius 2 is 1.85 bits per heavy atom. The minimum atomic E-state index is -0.818. The molecule has 0 spiro atoms. The van der Waals surface area contributed by atoms with Crippen LogP contribution in [0, 0.1) is 15.3 Å². The van der Waals surface area contributed by atoms with Gasteiger partial charge in [0.15, 0.2) is 18.5 Å². The molecule has 1 aromatic carbocycles. The van der Waals surface area contributed by atoms with Gasteiger partial charge in [0.1, 0.15) is 0 Å². The molecule has 26 heavy (non-hydrogen) atoms. The molecule has 0 N–H and O–H groups in total. The topological polar surface area (TPSA) is 135 Å². The Morgan fingerprint density at radius 1 is 1.19 bits per heavy atom. The lowest BCUT2D eigenvalue weighted by Crippen LogP contribution is -2.24. The van der Waals surface area contributed by atoms with Crippen molar-refractivity contribution in [3.05, 3.63) is 75.6 Å². The molecule has 0 aliphatic heterocycles. The van der Waals surface area contributed by atoms with Gasteiger partial charge in [0, 0.05) is 29.8 Å². The quantitative estimate of drug-likeness (QED) is 0.223. The Bertz CT molecular complexity index is 936. The van der Waals surface area contributed by atoms with Crippen LogP contribution in [-0.4, -0.2) is 21.1 Å². The number of aromatic nitrogens is 3. The lowest BCUT2D eigenvalue weighted by Gasteiger charge is -2.09. The molecule has 132 valence electrons. The fourth-order valence-corrected chi connectivity index (χ4v) is 2.07. The molecule has 0 unspecified atom stereocenters. The van der Waals surface area contributed by atoms with Crippen molar-refractivity contribution in [1.29, 1.82) is 0 Å². The number of carbonyl (C=O) groups is 1. The van der Waals surface area contributed by atoms with Crippen LogP contribution in [0.3, 0.4) is 0 Å². The molecule has 3 rings (SSSR count). The number of nitro benzene ring substituents is 1. The van der Waals surface area contributed by atoms with Crippen LogP contribution in [0.25, 0.3) is 11.5 Å². The average molecular weight is 356 g/mol. The summed E-state index contributed by atoms with van der Waals surface area (Å²) in [5.74, 6) is -0.431. The highest BCUT2D eigenvalue weighted by Gasteiger charge is 2.20. The van der Waals surface area contributed by atoms with E-state index in [1.165, 1.54) is 48.8 Å². The Kier molecular flexibility index (Phi) is 4.56. The summed E-state index contributed by atoms with van der Waals surface area (Å²) >= 11 is 0. The van der Waals surface area contributed by atoms with E-state index in [2.05, 4.69) is 10.2 Å². The van der Waals surface area contributed by atoms with Crippen LogP contribution in [-0.2, 0) is 4.74 Å². The maximum atomic E-state index is 12.0. The summed E-state index contributed by atoms with van der Waals surface area (Å²) in [6.45, 7) is 1.56. The molecule has 10 nitrogen and oxygen atoms in total. The summed E-state index contributed by atoms with van der Waals surface area (Å²) in [6, 6.07) is 8.26. The lowest BCUT2D eigenvalue weighted by molar-refractivity contribution is -0.605. The van der Waals surface area contributed by atoms with E-state index in [0.29, 0.717) is 10.3 Å². The Balaban J connectivity index is 1.71. The van der Waals surface area contributed by atoms with Crippen LogP contribution in [0.2, 0.25) is 0 Å². The van der Waals surface area contributed by atoms with Crippen LogP contribution in [0.1, 0.15) is 29.3 Å². The van der Waals surface area contributed by atoms with Gasteiger partial charge in [0.25, 0.3) is 11.6 Å². The minimum Gasteiger partial charge on any atom is -0.619 e. The van der Waals surface area contributed by atoms with Crippen molar-refractivity contribution in [3.8, 4) is 11.5 Å². The number of hydrogen-bond donors (Lipinski definition) is 0. The van der Waals surface area contributed by atoms with E-state index < -0.39 is 17.0 Å². The number of ether oxygens (including phenoxy) is 1. The van der Waals surface area contributed by atoms with Crippen molar-refractivity contribution in [2.75, 3.05) is 0 Å². The van der Waals surface area contributed by atoms with Crippen LogP contribution in [0.15, 0.2) is 53.2 Å². The molecule has 0 saturated carbocycles. The molecule has 0 saturated heterocycles. The van der Waals surface area contributed by atoms with E-state index in [1.54, 1.807) is 6.92 Å². The first-order chi connectivity index (χ1) is 12.4. The molecule has 0 bridgehead atoms. The summed E-state index contributed by atoms with van der Waals surface area (Å²) in [5, 5.41) is 29.3. The van der Waals surface area contributed by atoms with Gasteiger partial charge in [-0.05, 0) is 19.1 Å². The van der Waals surface area contributed by atoms with Gasteiger partial charge in [-0.25, -0.2) is 4.79 Å². The number of esters is 1. The van der Waals surface area contributed by atoms with Crippen LogP contribution in [0.4, 0.5) is 5.69 Å². The first kappa shape index (κ1) is 17.0.